The molecule has 0 aliphatic rings. The number of aromatic nitrogens is 4. The van der Waals surface area contributed by atoms with E-state index < -0.39 is 49.1 Å². The van der Waals surface area contributed by atoms with Crippen LogP contribution in [0.1, 0.15) is 25.1 Å². The van der Waals surface area contributed by atoms with Gasteiger partial charge in [0.25, 0.3) is 5.88 Å². The number of methoxy groups -OCH3 is 2. The Hall–Kier alpha value is -4.04. The highest BCUT2D eigenvalue weighted by atomic mass is 19.4. The highest BCUT2D eigenvalue weighted by Gasteiger charge is 2.49. The predicted octanol–water partition coefficient (Wildman–Crippen LogP) is 4.95. The normalized spacial score (nSPS) is 13.6. The quantitative estimate of drug-likeness (QED) is 0.302. The molecule has 0 saturated heterocycles. The van der Waals surface area contributed by atoms with Crippen LogP contribution in [0.5, 0.6) is 11.6 Å². The smallest absolute Gasteiger partial charge is 0.414 e. The number of rotatable bonds is 9. The Balaban J connectivity index is 2.11. The predicted molar refractivity (Wildman–Crippen MR) is 124 cm³/mol. The summed E-state index contributed by atoms with van der Waals surface area (Å²) in [4.78, 5) is 25.2. The van der Waals surface area contributed by atoms with Crippen LogP contribution in [0.25, 0.3) is 16.9 Å². The number of nitrogens with zero attached hydrogens (tertiary/aromatic N) is 5. The van der Waals surface area contributed by atoms with E-state index in [2.05, 4.69) is 21.5 Å². The summed E-state index contributed by atoms with van der Waals surface area (Å²) in [6, 6.07) is -5.66. The highest BCUT2D eigenvalue weighted by molar-refractivity contribution is 5.76. The molecule has 38 heavy (non-hydrogen) atoms. The fourth-order valence-electron chi connectivity index (χ4n) is 3.76. The zero-order valence-electron chi connectivity index (χ0n) is 20.5. The molecule has 0 bridgehead atoms. The van der Waals surface area contributed by atoms with Gasteiger partial charge in [0.15, 0.2) is 11.7 Å². The minimum absolute atomic E-state index is 0.0549. The Labute approximate surface area is 213 Å². The van der Waals surface area contributed by atoms with Crippen molar-refractivity contribution in [3.8, 4) is 22.9 Å². The molecule has 0 aromatic carbocycles. The zero-order chi connectivity index (χ0) is 28.3. The number of halogens is 6. The topological polar surface area (TPSA) is 93.9 Å². The lowest BCUT2D eigenvalue weighted by molar-refractivity contribution is -0.180. The van der Waals surface area contributed by atoms with Crippen LogP contribution in [-0.4, -0.2) is 69.4 Å². The van der Waals surface area contributed by atoms with E-state index in [0.29, 0.717) is 5.65 Å². The van der Waals surface area contributed by atoms with Crippen LogP contribution < -0.4 is 14.8 Å². The van der Waals surface area contributed by atoms with Gasteiger partial charge in [-0.25, -0.2) is 14.8 Å². The molecule has 0 aliphatic heterocycles. The van der Waals surface area contributed by atoms with Crippen molar-refractivity contribution < 1.29 is 40.6 Å². The molecule has 0 spiro atoms. The number of carbonyl (C=O) groups is 1. The van der Waals surface area contributed by atoms with Gasteiger partial charge in [-0.2, -0.15) is 26.3 Å². The van der Waals surface area contributed by atoms with E-state index in [1.807, 2.05) is 0 Å². The molecule has 1 N–H and O–H groups in total. The van der Waals surface area contributed by atoms with Gasteiger partial charge < -0.3 is 24.1 Å². The number of hydrogen-bond acceptors (Lipinski definition) is 6. The number of nitrogens with one attached hydrogen (secondary N) is 1. The third kappa shape index (κ3) is 5.92. The maximum atomic E-state index is 14.3. The summed E-state index contributed by atoms with van der Waals surface area (Å²) in [5.74, 6) is 0.134. The molecule has 2 amide bonds. The van der Waals surface area contributed by atoms with Gasteiger partial charge in [-0.05, 0) is 19.4 Å². The molecule has 2 atom stereocenters. The monoisotopic (exact) mass is 546 g/mol. The fourth-order valence-corrected chi connectivity index (χ4v) is 3.76. The molecular weight excluding hydrogens is 522 g/mol. The Bertz CT molecular complexity index is 1290. The SMILES string of the molecule is C=CC[C@H](NC(=O)N(CC)C(c1cc(-c2cn3ccnc3c(OC)n2)c(OC)cn1)C(F)(F)F)C(F)(F)F. The third-order valence-electron chi connectivity index (χ3n) is 5.52. The number of pyridine rings is 1. The van der Waals surface area contributed by atoms with E-state index >= 15 is 0 Å². The van der Waals surface area contributed by atoms with Crippen molar-refractivity contribution in [1.82, 2.24) is 29.6 Å². The van der Waals surface area contributed by atoms with Crippen molar-refractivity contribution in [2.75, 3.05) is 20.8 Å². The summed E-state index contributed by atoms with van der Waals surface area (Å²) in [5, 5.41) is 1.63. The zero-order valence-corrected chi connectivity index (χ0v) is 20.5. The van der Waals surface area contributed by atoms with E-state index in [0.717, 1.165) is 18.3 Å². The number of carbonyl (C=O) groups excluding carboxylic acids is 1. The lowest BCUT2D eigenvalue weighted by atomic mass is 10.1. The number of urea groups is 1. The average Bonchev–Trinajstić information content (AvgIpc) is 3.33. The molecule has 206 valence electrons. The van der Waals surface area contributed by atoms with Gasteiger partial charge in [0.1, 0.15) is 11.8 Å². The van der Waals surface area contributed by atoms with Crippen LogP contribution in [0.4, 0.5) is 31.1 Å². The standard InChI is InChI=1S/C23H24F6N6O3/c1-5-7-17(22(24,25)26)33-21(36)35(6-2)18(23(27,28)29)14-10-13(16(37-3)11-31-14)15-12-34-9-8-30-19(34)20(32-15)38-4/h5,8-12,17-18H,1,6-7H2,2-4H3,(H,33,36)/t17-,18?/m0/s1. The van der Waals surface area contributed by atoms with E-state index in [-0.39, 0.29) is 27.8 Å². The van der Waals surface area contributed by atoms with Crippen molar-refractivity contribution in [1.29, 1.82) is 0 Å². The number of fused-ring (bicyclic) bond motifs is 1. The first-order valence-electron chi connectivity index (χ1n) is 11.1. The summed E-state index contributed by atoms with van der Waals surface area (Å²) < 4.78 is 95.0. The van der Waals surface area contributed by atoms with Gasteiger partial charge >= 0.3 is 18.4 Å². The Kier molecular flexibility index (Phi) is 8.37. The van der Waals surface area contributed by atoms with Crippen LogP contribution >= 0.6 is 0 Å². The molecule has 15 heteroatoms. The second-order valence-corrected chi connectivity index (χ2v) is 7.90. The number of alkyl halides is 6. The molecule has 9 nitrogen and oxygen atoms in total. The Morgan fingerprint density at radius 2 is 1.89 bits per heavy atom. The van der Waals surface area contributed by atoms with E-state index in [1.165, 1.54) is 37.9 Å². The molecule has 3 rings (SSSR count). The first-order valence-corrected chi connectivity index (χ1v) is 11.1. The first-order chi connectivity index (χ1) is 17.8. The minimum atomic E-state index is -5.10. The molecule has 3 aromatic rings. The van der Waals surface area contributed by atoms with Gasteiger partial charge in [-0.1, -0.05) is 6.08 Å². The summed E-state index contributed by atoms with van der Waals surface area (Å²) in [7, 11) is 2.62. The molecule has 0 aliphatic carbocycles. The molecule has 0 fully saturated rings. The largest absolute Gasteiger partial charge is 0.494 e. The van der Waals surface area contributed by atoms with E-state index in [4.69, 9.17) is 9.47 Å². The van der Waals surface area contributed by atoms with Gasteiger partial charge in [0, 0.05) is 30.7 Å². The van der Waals surface area contributed by atoms with Crippen LogP contribution in [0.15, 0.2) is 43.5 Å². The van der Waals surface area contributed by atoms with Crippen LogP contribution in [0.2, 0.25) is 0 Å². The summed E-state index contributed by atoms with van der Waals surface area (Å²) in [6.07, 6.45) is -4.29. The van der Waals surface area contributed by atoms with Crippen LogP contribution in [-0.2, 0) is 0 Å². The Morgan fingerprint density at radius 1 is 1.18 bits per heavy atom. The average molecular weight is 546 g/mol. The molecule has 3 aromatic heterocycles. The molecular formula is C23H24F6N6O3. The molecule has 3 heterocycles. The van der Waals surface area contributed by atoms with Crippen LogP contribution in [0.3, 0.4) is 0 Å². The van der Waals surface area contributed by atoms with Gasteiger partial charge in [-0.15, -0.1) is 6.58 Å². The van der Waals surface area contributed by atoms with Crippen molar-refractivity contribution in [2.45, 2.75) is 37.8 Å². The third-order valence-corrected chi connectivity index (χ3v) is 5.52. The molecule has 0 radical (unpaired) electrons. The van der Waals surface area contributed by atoms with E-state index in [1.54, 1.807) is 11.5 Å². The van der Waals surface area contributed by atoms with Gasteiger partial charge in [-0.3, -0.25) is 4.98 Å². The summed E-state index contributed by atoms with van der Waals surface area (Å²) in [6.45, 7) is 3.83. The maximum absolute atomic E-state index is 14.3. The fraction of sp³-hybridized carbons (Fsp3) is 0.391. The van der Waals surface area contributed by atoms with Crippen molar-refractivity contribution in [3.63, 3.8) is 0 Å². The van der Waals surface area contributed by atoms with Gasteiger partial charge in [0.2, 0.25) is 0 Å². The lowest BCUT2D eigenvalue weighted by Gasteiger charge is -2.33. The van der Waals surface area contributed by atoms with Crippen molar-refractivity contribution in [3.05, 3.63) is 49.2 Å². The number of imidazole rings is 1. The number of amides is 2. The molecule has 1 unspecified atom stereocenters. The molecule has 0 saturated carbocycles. The van der Waals surface area contributed by atoms with Crippen molar-refractivity contribution in [2.24, 2.45) is 0 Å². The highest BCUT2D eigenvalue weighted by Crippen LogP contribution is 2.40. The number of ether oxygens (including phenoxy) is 2. The van der Waals surface area contributed by atoms with Crippen molar-refractivity contribution >= 4 is 11.7 Å². The minimum Gasteiger partial charge on any atom is -0.494 e. The Morgan fingerprint density at radius 3 is 2.45 bits per heavy atom. The van der Waals surface area contributed by atoms with E-state index in [9.17, 15) is 31.1 Å². The second-order valence-electron chi connectivity index (χ2n) is 7.90. The first kappa shape index (κ1) is 28.5. The van der Waals surface area contributed by atoms with Crippen LogP contribution in [0, 0.1) is 0 Å². The summed E-state index contributed by atoms with van der Waals surface area (Å²) >= 11 is 0. The number of hydrogen-bond donors (Lipinski definition) is 1. The van der Waals surface area contributed by atoms with Gasteiger partial charge in [0.05, 0.1) is 31.8 Å². The summed E-state index contributed by atoms with van der Waals surface area (Å²) in [5.41, 5.74) is -0.115. The second kappa shape index (κ2) is 11.1. The lowest BCUT2D eigenvalue weighted by Crippen LogP contribution is -2.53. The maximum Gasteiger partial charge on any atom is 0.414 e.